The molecule has 128 valence electrons. The number of ether oxygens (including phenoxy) is 2. The molecule has 0 aromatic heterocycles. The number of nitrogens with zero attached hydrogens (tertiary/aromatic N) is 1. The van der Waals surface area contributed by atoms with Gasteiger partial charge < -0.3 is 9.47 Å². The van der Waals surface area contributed by atoms with Gasteiger partial charge in [-0.25, -0.2) is 8.42 Å². The van der Waals surface area contributed by atoms with Gasteiger partial charge in [0.05, 0.1) is 17.1 Å². The van der Waals surface area contributed by atoms with E-state index in [0.717, 1.165) is 13.0 Å². The van der Waals surface area contributed by atoms with Crippen molar-refractivity contribution in [3.63, 3.8) is 0 Å². The summed E-state index contributed by atoms with van der Waals surface area (Å²) in [5.74, 6) is 1.39. The third-order valence-electron chi connectivity index (χ3n) is 4.21. The molecule has 0 amide bonds. The van der Waals surface area contributed by atoms with E-state index in [1.807, 2.05) is 13.8 Å². The standard InChI is InChI=1S/C17H25NO4S/c1-13(2)22-15-5-7-17(8-6-15)23(19,20)18-10-9-16(11-18)21-12-14-3-4-14/h5-8,13-14,16H,3-4,9-12H2,1-2H3. The first-order chi connectivity index (χ1) is 10.9. The predicted molar refractivity (Wildman–Crippen MR) is 88.0 cm³/mol. The minimum Gasteiger partial charge on any atom is -0.491 e. The zero-order chi connectivity index (χ0) is 16.4. The normalized spacial score (nSPS) is 22.7. The lowest BCUT2D eigenvalue weighted by Crippen LogP contribution is -2.30. The lowest BCUT2D eigenvalue weighted by molar-refractivity contribution is 0.0561. The Morgan fingerprint density at radius 2 is 1.87 bits per heavy atom. The molecule has 0 radical (unpaired) electrons. The summed E-state index contributed by atoms with van der Waals surface area (Å²) < 4.78 is 38.3. The van der Waals surface area contributed by atoms with Gasteiger partial charge in [0.25, 0.3) is 0 Å². The van der Waals surface area contributed by atoms with Crippen LogP contribution in [0, 0.1) is 5.92 Å². The molecule has 1 saturated carbocycles. The molecule has 1 unspecified atom stereocenters. The molecule has 0 bridgehead atoms. The van der Waals surface area contributed by atoms with E-state index < -0.39 is 10.0 Å². The molecule has 0 spiro atoms. The molecule has 1 heterocycles. The quantitative estimate of drug-likeness (QED) is 0.766. The SMILES string of the molecule is CC(C)Oc1ccc(S(=O)(=O)N2CCC(OCC3CC3)C2)cc1. The monoisotopic (exact) mass is 339 g/mol. The number of hydrogen-bond donors (Lipinski definition) is 0. The van der Waals surface area contributed by atoms with Gasteiger partial charge in [-0.05, 0) is 63.3 Å². The highest BCUT2D eigenvalue weighted by molar-refractivity contribution is 7.89. The van der Waals surface area contributed by atoms with Gasteiger partial charge in [0, 0.05) is 19.7 Å². The summed E-state index contributed by atoms with van der Waals surface area (Å²) in [6.07, 6.45) is 3.38. The summed E-state index contributed by atoms with van der Waals surface area (Å²) in [5, 5.41) is 0. The van der Waals surface area contributed by atoms with E-state index in [-0.39, 0.29) is 12.2 Å². The second kappa shape index (κ2) is 6.79. The van der Waals surface area contributed by atoms with Gasteiger partial charge in [0.2, 0.25) is 10.0 Å². The molecular formula is C17H25NO4S. The fraction of sp³-hybridized carbons (Fsp3) is 0.647. The van der Waals surface area contributed by atoms with Crippen LogP contribution in [-0.2, 0) is 14.8 Å². The van der Waals surface area contributed by atoms with E-state index in [9.17, 15) is 8.42 Å². The van der Waals surface area contributed by atoms with Crippen LogP contribution in [0.5, 0.6) is 5.75 Å². The highest BCUT2D eigenvalue weighted by Crippen LogP contribution is 2.30. The lowest BCUT2D eigenvalue weighted by atomic mass is 10.3. The topological polar surface area (TPSA) is 55.8 Å². The van der Waals surface area contributed by atoms with Gasteiger partial charge in [0.1, 0.15) is 5.75 Å². The van der Waals surface area contributed by atoms with Gasteiger partial charge in [-0.1, -0.05) is 0 Å². The molecule has 5 nitrogen and oxygen atoms in total. The average Bonchev–Trinajstić information content (AvgIpc) is 3.21. The van der Waals surface area contributed by atoms with Crippen molar-refractivity contribution in [1.82, 2.24) is 4.31 Å². The first-order valence-corrected chi connectivity index (χ1v) is 9.77. The smallest absolute Gasteiger partial charge is 0.243 e. The Morgan fingerprint density at radius 3 is 2.48 bits per heavy atom. The second-order valence-electron chi connectivity index (χ2n) is 6.69. The highest BCUT2D eigenvalue weighted by atomic mass is 32.2. The van der Waals surface area contributed by atoms with Crippen LogP contribution in [0.3, 0.4) is 0 Å². The fourth-order valence-electron chi connectivity index (χ4n) is 2.72. The molecule has 1 aliphatic carbocycles. The van der Waals surface area contributed by atoms with Crippen molar-refractivity contribution in [2.45, 2.75) is 50.2 Å². The molecular weight excluding hydrogens is 314 g/mol. The van der Waals surface area contributed by atoms with Gasteiger partial charge in [0.15, 0.2) is 0 Å². The number of sulfonamides is 1. The van der Waals surface area contributed by atoms with Crippen molar-refractivity contribution in [2.24, 2.45) is 5.92 Å². The molecule has 6 heteroatoms. The van der Waals surface area contributed by atoms with E-state index in [0.29, 0.717) is 29.7 Å². The van der Waals surface area contributed by atoms with Gasteiger partial charge in [-0.2, -0.15) is 4.31 Å². The maximum Gasteiger partial charge on any atom is 0.243 e. The highest BCUT2D eigenvalue weighted by Gasteiger charge is 2.34. The Balaban J connectivity index is 1.61. The van der Waals surface area contributed by atoms with Crippen molar-refractivity contribution in [1.29, 1.82) is 0 Å². The Bertz CT molecular complexity index is 622. The molecule has 23 heavy (non-hydrogen) atoms. The summed E-state index contributed by atoms with van der Waals surface area (Å²) in [6, 6.07) is 6.66. The lowest BCUT2D eigenvalue weighted by Gasteiger charge is -2.17. The maximum absolute atomic E-state index is 12.7. The van der Waals surface area contributed by atoms with Crippen molar-refractivity contribution in [2.75, 3.05) is 19.7 Å². The third-order valence-corrected chi connectivity index (χ3v) is 6.08. The molecule has 2 fully saturated rings. The van der Waals surface area contributed by atoms with Crippen LogP contribution in [0.1, 0.15) is 33.1 Å². The maximum atomic E-state index is 12.7. The molecule has 2 aliphatic rings. The van der Waals surface area contributed by atoms with E-state index in [4.69, 9.17) is 9.47 Å². The first-order valence-electron chi connectivity index (χ1n) is 8.33. The predicted octanol–water partition coefficient (Wildman–Crippen LogP) is 2.66. The molecule has 1 aromatic carbocycles. The Morgan fingerprint density at radius 1 is 1.17 bits per heavy atom. The van der Waals surface area contributed by atoms with Crippen LogP contribution in [-0.4, -0.2) is 44.6 Å². The van der Waals surface area contributed by atoms with Gasteiger partial charge in [-0.15, -0.1) is 0 Å². The Kier molecular flexibility index (Phi) is 4.94. The second-order valence-corrected chi connectivity index (χ2v) is 8.63. The Labute approximate surface area is 138 Å². The molecule has 1 saturated heterocycles. The van der Waals surface area contributed by atoms with Crippen molar-refractivity contribution < 1.29 is 17.9 Å². The van der Waals surface area contributed by atoms with Crippen LogP contribution in [0.2, 0.25) is 0 Å². The summed E-state index contributed by atoms with van der Waals surface area (Å²) in [6.45, 7) is 5.65. The zero-order valence-corrected chi connectivity index (χ0v) is 14.6. The van der Waals surface area contributed by atoms with Crippen molar-refractivity contribution in [3.8, 4) is 5.75 Å². The van der Waals surface area contributed by atoms with Crippen LogP contribution in [0.25, 0.3) is 0 Å². The van der Waals surface area contributed by atoms with Crippen molar-refractivity contribution >= 4 is 10.0 Å². The zero-order valence-electron chi connectivity index (χ0n) is 13.8. The van der Waals surface area contributed by atoms with E-state index in [2.05, 4.69) is 0 Å². The summed E-state index contributed by atoms with van der Waals surface area (Å²) in [4.78, 5) is 0.316. The van der Waals surface area contributed by atoms with Gasteiger partial charge >= 0.3 is 0 Å². The van der Waals surface area contributed by atoms with Crippen molar-refractivity contribution in [3.05, 3.63) is 24.3 Å². The average molecular weight is 339 g/mol. The van der Waals surface area contributed by atoms with Gasteiger partial charge in [-0.3, -0.25) is 0 Å². The van der Waals surface area contributed by atoms with E-state index in [1.54, 1.807) is 24.3 Å². The van der Waals surface area contributed by atoms with E-state index >= 15 is 0 Å². The molecule has 1 aliphatic heterocycles. The summed E-state index contributed by atoms with van der Waals surface area (Å²) in [5.41, 5.74) is 0. The van der Waals surface area contributed by atoms with E-state index in [1.165, 1.54) is 17.1 Å². The number of rotatable bonds is 7. The first kappa shape index (κ1) is 16.7. The Hall–Kier alpha value is -1.11. The number of benzene rings is 1. The van der Waals surface area contributed by atoms with Crippen LogP contribution < -0.4 is 4.74 Å². The minimum atomic E-state index is -3.44. The fourth-order valence-corrected chi connectivity index (χ4v) is 4.21. The largest absolute Gasteiger partial charge is 0.491 e. The molecule has 0 N–H and O–H groups in total. The molecule has 1 atom stereocenters. The third kappa shape index (κ3) is 4.25. The molecule has 1 aromatic rings. The van der Waals surface area contributed by atoms with Crippen LogP contribution in [0.4, 0.5) is 0 Å². The summed E-state index contributed by atoms with van der Waals surface area (Å²) in [7, 11) is -3.44. The summed E-state index contributed by atoms with van der Waals surface area (Å²) >= 11 is 0. The van der Waals surface area contributed by atoms with Crippen LogP contribution in [0.15, 0.2) is 29.2 Å². The molecule has 3 rings (SSSR count). The van der Waals surface area contributed by atoms with Crippen LogP contribution >= 0.6 is 0 Å². The minimum absolute atomic E-state index is 0.0360. The number of hydrogen-bond acceptors (Lipinski definition) is 4.